The summed E-state index contributed by atoms with van der Waals surface area (Å²) >= 11 is 0. The van der Waals surface area contributed by atoms with Crippen molar-refractivity contribution in [3.8, 4) is 11.5 Å². The van der Waals surface area contributed by atoms with Crippen molar-refractivity contribution >= 4 is 0 Å². The summed E-state index contributed by atoms with van der Waals surface area (Å²) in [4.78, 5) is 0. The molecular weight excluding hydrogens is 309 g/mol. The largest absolute Gasteiger partial charge is 0.489 e. The highest BCUT2D eigenvalue weighted by Crippen LogP contribution is 2.45. The molecule has 23 heavy (non-hydrogen) atoms. The molecule has 6 heteroatoms. The van der Waals surface area contributed by atoms with E-state index in [1.54, 1.807) is 6.07 Å². The van der Waals surface area contributed by atoms with Crippen LogP contribution < -0.4 is 9.47 Å². The van der Waals surface area contributed by atoms with Crippen molar-refractivity contribution in [3.63, 3.8) is 0 Å². The Bertz CT molecular complexity index is 508. The highest BCUT2D eigenvalue weighted by Gasteiger charge is 2.53. The van der Waals surface area contributed by atoms with Crippen molar-refractivity contribution in [1.82, 2.24) is 0 Å². The van der Waals surface area contributed by atoms with Gasteiger partial charge in [-0.3, -0.25) is 0 Å². The molecule has 0 saturated carbocycles. The van der Waals surface area contributed by atoms with Crippen LogP contribution in [-0.2, 0) is 5.60 Å². The smallest absolute Gasteiger partial charge is 0.421 e. The number of alkyl halides is 3. The predicted octanol–water partition coefficient (Wildman–Crippen LogP) is 4.53. The number of hydrogen-bond acceptors (Lipinski definition) is 3. The summed E-state index contributed by atoms with van der Waals surface area (Å²) < 4.78 is 50.7. The number of para-hydroxylation sites is 1. The first kappa shape index (κ1) is 19.6. The standard InChI is InChI=1S/C17H25F3O3/c1-11(2)9-22-14-8-6-7-13(15(14)23-10-12(3)4)16(5,21)17(18,19)20/h6-8,11-12,21H,9-10H2,1-5H3. The molecule has 0 amide bonds. The molecule has 1 N–H and O–H groups in total. The van der Waals surface area contributed by atoms with E-state index in [-0.39, 0.29) is 35.5 Å². The maximum atomic E-state index is 13.2. The molecule has 0 aliphatic carbocycles. The summed E-state index contributed by atoms with van der Waals surface area (Å²) in [6.45, 7) is 8.93. The molecule has 0 spiro atoms. The van der Waals surface area contributed by atoms with Gasteiger partial charge >= 0.3 is 6.18 Å². The van der Waals surface area contributed by atoms with Crippen LogP contribution in [0.4, 0.5) is 13.2 Å². The van der Waals surface area contributed by atoms with Crippen LogP contribution in [0.2, 0.25) is 0 Å². The van der Waals surface area contributed by atoms with Crippen LogP contribution in [0.1, 0.15) is 40.2 Å². The normalized spacial score (nSPS) is 14.9. The number of hydrogen-bond donors (Lipinski definition) is 1. The summed E-state index contributed by atoms with van der Waals surface area (Å²) in [7, 11) is 0. The first-order valence-electron chi connectivity index (χ1n) is 7.65. The van der Waals surface area contributed by atoms with E-state index in [9.17, 15) is 18.3 Å². The second kappa shape index (κ2) is 7.43. The van der Waals surface area contributed by atoms with E-state index in [0.29, 0.717) is 6.61 Å². The molecule has 0 aliphatic rings. The van der Waals surface area contributed by atoms with Crippen molar-refractivity contribution in [2.45, 2.75) is 46.4 Å². The molecule has 0 bridgehead atoms. The van der Waals surface area contributed by atoms with E-state index in [2.05, 4.69) is 0 Å². The zero-order valence-corrected chi connectivity index (χ0v) is 14.2. The van der Waals surface area contributed by atoms with Crippen LogP contribution in [0.5, 0.6) is 11.5 Å². The molecule has 0 radical (unpaired) electrons. The zero-order valence-electron chi connectivity index (χ0n) is 14.2. The highest BCUT2D eigenvalue weighted by molar-refractivity contribution is 5.49. The minimum Gasteiger partial charge on any atom is -0.489 e. The average molecular weight is 334 g/mol. The van der Waals surface area contributed by atoms with Gasteiger partial charge in [-0.05, 0) is 24.8 Å². The van der Waals surface area contributed by atoms with Crippen molar-refractivity contribution in [1.29, 1.82) is 0 Å². The van der Waals surface area contributed by atoms with E-state index >= 15 is 0 Å². The summed E-state index contributed by atoms with van der Waals surface area (Å²) in [6, 6.07) is 4.19. The maximum Gasteiger partial charge on any atom is 0.421 e. The van der Waals surface area contributed by atoms with Crippen LogP contribution in [0.3, 0.4) is 0 Å². The number of ether oxygens (including phenoxy) is 2. The molecule has 0 fully saturated rings. The molecule has 132 valence electrons. The van der Waals surface area contributed by atoms with Gasteiger partial charge in [0, 0.05) is 5.56 Å². The highest BCUT2D eigenvalue weighted by atomic mass is 19.4. The topological polar surface area (TPSA) is 38.7 Å². The van der Waals surface area contributed by atoms with Crippen molar-refractivity contribution in [2.75, 3.05) is 13.2 Å². The van der Waals surface area contributed by atoms with Gasteiger partial charge in [0.1, 0.15) is 0 Å². The Morgan fingerprint density at radius 3 is 2.00 bits per heavy atom. The number of halogens is 3. The van der Waals surface area contributed by atoms with E-state index < -0.39 is 11.8 Å². The molecule has 0 heterocycles. The van der Waals surface area contributed by atoms with Crippen molar-refractivity contribution < 1.29 is 27.8 Å². The Kier molecular flexibility index (Phi) is 6.33. The molecule has 3 nitrogen and oxygen atoms in total. The molecule has 1 atom stereocenters. The second-order valence-corrected chi connectivity index (χ2v) is 6.61. The molecule has 1 unspecified atom stereocenters. The second-order valence-electron chi connectivity index (χ2n) is 6.61. The fourth-order valence-corrected chi connectivity index (χ4v) is 1.82. The van der Waals surface area contributed by atoms with Gasteiger partial charge in [0.15, 0.2) is 17.1 Å². The lowest BCUT2D eigenvalue weighted by molar-refractivity contribution is -0.259. The van der Waals surface area contributed by atoms with Gasteiger partial charge in [-0.15, -0.1) is 0 Å². The Morgan fingerprint density at radius 2 is 1.52 bits per heavy atom. The quantitative estimate of drug-likeness (QED) is 0.796. The molecule has 1 aromatic carbocycles. The Morgan fingerprint density at radius 1 is 1.00 bits per heavy atom. The lowest BCUT2D eigenvalue weighted by Crippen LogP contribution is -2.39. The summed E-state index contributed by atoms with van der Waals surface area (Å²) in [5, 5.41) is 10.0. The van der Waals surface area contributed by atoms with E-state index in [1.165, 1.54) is 12.1 Å². The molecule has 0 saturated heterocycles. The molecule has 1 aromatic rings. The average Bonchev–Trinajstić information content (AvgIpc) is 2.41. The number of aliphatic hydroxyl groups is 1. The van der Waals surface area contributed by atoms with Crippen molar-refractivity contribution in [2.24, 2.45) is 11.8 Å². The fourth-order valence-electron chi connectivity index (χ4n) is 1.82. The van der Waals surface area contributed by atoms with E-state index in [0.717, 1.165) is 6.92 Å². The number of benzene rings is 1. The lowest BCUT2D eigenvalue weighted by Gasteiger charge is -2.29. The first-order chi connectivity index (χ1) is 10.5. The van der Waals surface area contributed by atoms with E-state index in [1.807, 2.05) is 27.7 Å². The SMILES string of the molecule is CC(C)COc1cccc(C(C)(O)C(F)(F)F)c1OCC(C)C. The van der Waals surface area contributed by atoms with Gasteiger partial charge < -0.3 is 14.6 Å². The monoisotopic (exact) mass is 334 g/mol. The number of rotatable bonds is 7. The van der Waals surface area contributed by atoms with E-state index in [4.69, 9.17) is 9.47 Å². The van der Waals surface area contributed by atoms with Crippen LogP contribution >= 0.6 is 0 Å². The van der Waals surface area contributed by atoms with Gasteiger partial charge in [-0.2, -0.15) is 13.2 Å². The van der Waals surface area contributed by atoms with Gasteiger partial charge in [0.25, 0.3) is 0 Å². The Hall–Kier alpha value is -1.43. The Labute approximate surface area is 135 Å². The first-order valence-corrected chi connectivity index (χ1v) is 7.65. The van der Waals surface area contributed by atoms with Crippen molar-refractivity contribution in [3.05, 3.63) is 23.8 Å². The summed E-state index contributed by atoms with van der Waals surface area (Å²) in [6.07, 6.45) is -4.82. The van der Waals surface area contributed by atoms with Gasteiger partial charge in [0.05, 0.1) is 13.2 Å². The van der Waals surface area contributed by atoms with Gasteiger partial charge in [-0.1, -0.05) is 39.8 Å². The molecular formula is C17H25F3O3. The van der Waals surface area contributed by atoms with Crippen LogP contribution in [-0.4, -0.2) is 24.5 Å². The molecule has 0 aromatic heterocycles. The van der Waals surface area contributed by atoms with Gasteiger partial charge in [0.2, 0.25) is 0 Å². The third-order valence-corrected chi connectivity index (χ3v) is 3.19. The minimum atomic E-state index is -4.82. The van der Waals surface area contributed by atoms with Gasteiger partial charge in [-0.25, -0.2) is 0 Å². The lowest BCUT2D eigenvalue weighted by atomic mass is 9.94. The third kappa shape index (κ3) is 5.03. The minimum absolute atomic E-state index is 0.0517. The predicted molar refractivity (Wildman–Crippen MR) is 82.7 cm³/mol. The van der Waals surface area contributed by atoms with Crippen LogP contribution in [0.25, 0.3) is 0 Å². The van der Waals surface area contributed by atoms with Crippen LogP contribution in [0.15, 0.2) is 18.2 Å². The van der Waals surface area contributed by atoms with Crippen LogP contribution in [0, 0.1) is 11.8 Å². The summed E-state index contributed by atoms with van der Waals surface area (Å²) in [5.74, 6) is 0.488. The zero-order chi connectivity index (χ0) is 17.8. The fraction of sp³-hybridized carbons (Fsp3) is 0.647. The Balaban J connectivity index is 3.30. The molecule has 0 aliphatic heterocycles. The molecule has 1 rings (SSSR count). The summed E-state index contributed by atoms with van der Waals surface area (Å²) in [5.41, 5.74) is -3.36. The third-order valence-electron chi connectivity index (χ3n) is 3.19. The maximum absolute atomic E-state index is 13.2.